The molecule has 0 saturated carbocycles. The summed E-state index contributed by atoms with van der Waals surface area (Å²) in [5.41, 5.74) is 1.74. The van der Waals surface area contributed by atoms with Crippen LogP contribution >= 0.6 is 35.3 Å². The van der Waals surface area contributed by atoms with E-state index in [4.69, 9.17) is 12.2 Å². The lowest BCUT2D eigenvalue weighted by Crippen LogP contribution is -1.96. The molecule has 0 aliphatic heterocycles. The lowest BCUT2D eigenvalue weighted by atomic mass is 10.2. The van der Waals surface area contributed by atoms with Crippen LogP contribution in [-0.4, -0.2) is 14.7 Å². The monoisotopic (exact) mass is 379 g/mol. The molecule has 0 radical (unpaired) electrons. The van der Waals surface area contributed by atoms with Gasteiger partial charge in [0, 0.05) is 17.9 Å². The molecule has 24 heavy (non-hydrogen) atoms. The normalized spacial score (nSPS) is 10.7. The number of hydrogen-bond donors (Lipinski definition) is 0. The summed E-state index contributed by atoms with van der Waals surface area (Å²) in [7, 11) is 0. The third-order valence-corrected chi connectivity index (χ3v) is 5.55. The molecule has 3 rings (SSSR count). The third-order valence-electron chi connectivity index (χ3n) is 3.11. The van der Waals surface area contributed by atoms with Crippen LogP contribution in [0.15, 0.2) is 52.9 Å². The van der Waals surface area contributed by atoms with Crippen molar-refractivity contribution in [3.63, 3.8) is 0 Å². The lowest BCUT2D eigenvalue weighted by molar-refractivity contribution is -0.384. The standard InChI is InChI=1S/C15H10FN3O2S3/c16-11-3-7-12(8-4-11)18-15(22)24-14(17-18)23-9-10-1-5-13(6-2-10)19(20)21/h1-8H,9H2. The van der Waals surface area contributed by atoms with E-state index in [1.165, 1.54) is 47.4 Å². The largest absolute Gasteiger partial charge is 0.269 e. The van der Waals surface area contributed by atoms with Gasteiger partial charge in [0.15, 0.2) is 8.29 Å². The van der Waals surface area contributed by atoms with E-state index in [1.807, 2.05) is 0 Å². The summed E-state index contributed by atoms with van der Waals surface area (Å²) in [5.74, 6) is 0.317. The number of aromatic nitrogens is 2. The van der Waals surface area contributed by atoms with E-state index in [0.717, 1.165) is 9.90 Å². The SMILES string of the molecule is O=[N+]([O-])c1ccc(CSc2nn(-c3ccc(F)cc3)c(=S)s2)cc1. The fourth-order valence-electron chi connectivity index (χ4n) is 1.92. The van der Waals surface area contributed by atoms with Gasteiger partial charge in [-0.25, -0.2) is 9.07 Å². The molecule has 0 aliphatic rings. The summed E-state index contributed by atoms with van der Waals surface area (Å²) >= 11 is 8.17. The Balaban J connectivity index is 1.72. The van der Waals surface area contributed by atoms with Crippen LogP contribution in [0.2, 0.25) is 0 Å². The first-order chi connectivity index (χ1) is 11.5. The average Bonchev–Trinajstić information content (AvgIpc) is 2.95. The molecule has 0 atom stereocenters. The van der Waals surface area contributed by atoms with E-state index in [2.05, 4.69) is 5.10 Å². The van der Waals surface area contributed by atoms with Crippen LogP contribution in [-0.2, 0) is 5.75 Å². The van der Waals surface area contributed by atoms with Crippen molar-refractivity contribution in [1.82, 2.24) is 9.78 Å². The van der Waals surface area contributed by atoms with Crippen molar-refractivity contribution in [2.24, 2.45) is 0 Å². The molecular weight excluding hydrogens is 369 g/mol. The van der Waals surface area contributed by atoms with Gasteiger partial charge in [-0.15, -0.1) is 5.10 Å². The molecule has 2 aromatic carbocycles. The zero-order valence-electron chi connectivity index (χ0n) is 12.1. The molecule has 1 aromatic heterocycles. The Bertz CT molecular complexity index is 920. The molecule has 0 saturated heterocycles. The average molecular weight is 379 g/mol. The van der Waals surface area contributed by atoms with E-state index in [1.54, 1.807) is 28.9 Å². The molecule has 0 N–H and O–H groups in total. The van der Waals surface area contributed by atoms with Crippen LogP contribution in [0, 0.1) is 19.9 Å². The highest BCUT2D eigenvalue weighted by Gasteiger charge is 2.08. The van der Waals surface area contributed by atoms with Crippen molar-refractivity contribution in [3.05, 3.63) is 74.0 Å². The summed E-state index contributed by atoms with van der Waals surface area (Å²) in [5, 5.41) is 15.1. The fraction of sp³-hybridized carbons (Fsp3) is 0.0667. The first kappa shape index (κ1) is 16.7. The minimum absolute atomic E-state index is 0.0694. The Morgan fingerprint density at radius 2 is 1.88 bits per heavy atom. The first-order valence-electron chi connectivity index (χ1n) is 6.75. The molecule has 5 nitrogen and oxygen atoms in total. The van der Waals surface area contributed by atoms with Crippen LogP contribution < -0.4 is 0 Å². The summed E-state index contributed by atoms with van der Waals surface area (Å²) in [4.78, 5) is 10.2. The van der Waals surface area contributed by atoms with Crippen molar-refractivity contribution >= 4 is 41.0 Å². The van der Waals surface area contributed by atoms with Gasteiger partial charge in [-0.2, -0.15) is 0 Å². The van der Waals surface area contributed by atoms with E-state index < -0.39 is 4.92 Å². The zero-order valence-corrected chi connectivity index (χ0v) is 14.5. The second-order valence-corrected chi connectivity index (χ2v) is 7.58. The van der Waals surface area contributed by atoms with Crippen LogP contribution in [0.3, 0.4) is 0 Å². The summed E-state index contributed by atoms with van der Waals surface area (Å²) < 4.78 is 15.9. The summed E-state index contributed by atoms with van der Waals surface area (Å²) in [6, 6.07) is 12.4. The fourth-order valence-corrected chi connectivity index (χ4v) is 4.24. The second-order valence-electron chi connectivity index (χ2n) is 4.73. The second kappa shape index (κ2) is 7.20. The number of nitro benzene ring substituents is 1. The lowest BCUT2D eigenvalue weighted by Gasteiger charge is -2.00. The maximum atomic E-state index is 13.0. The highest BCUT2D eigenvalue weighted by atomic mass is 32.2. The third kappa shape index (κ3) is 3.86. The number of thioether (sulfide) groups is 1. The van der Waals surface area contributed by atoms with Gasteiger partial charge in [-0.05, 0) is 42.0 Å². The van der Waals surface area contributed by atoms with Gasteiger partial charge in [0.25, 0.3) is 5.69 Å². The topological polar surface area (TPSA) is 61.0 Å². The van der Waals surface area contributed by atoms with Crippen molar-refractivity contribution in [3.8, 4) is 5.69 Å². The van der Waals surface area contributed by atoms with Crippen LogP contribution in [0.5, 0.6) is 0 Å². The number of halogens is 1. The van der Waals surface area contributed by atoms with Gasteiger partial charge in [-0.3, -0.25) is 10.1 Å². The van der Waals surface area contributed by atoms with Crippen molar-refractivity contribution in [2.75, 3.05) is 0 Å². The number of non-ortho nitro benzene ring substituents is 1. The van der Waals surface area contributed by atoms with Crippen molar-refractivity contribution in [1.29, 1.82) is 0 Å². The number of benzene rings is 2. The Hall–Kier alpha value is -2.10. The molecule has 0 fully saturated rings. The van der Waals surface area contributed by atoms with Gasteiger partial charge in [0.2, 0.25) is 0 Å². The van der Waals surface area contributed by atoms with E-state index in [-0.39, 0.29) is 11.5 Å². The Morgan fingerprint density at radius 1 is 1.21 bits per heavy atom. The molecule has 3 aromatic rings. The maximum Gasteiger partial charge on any atom is 0.269 e. The van der Waals surface area contributed by atoms with Gasteiger partial charge >= 0.3 is 0 Å². The maximum absolute atomic E-state index is 13.0. The van der Waals surface area contributed by atoms with Gasteiger partial charge in [0.05, 0.1) is 10.6 Å². The van der Waals surface area contributed by atoms with Gasteiger partial charge in [-0.1, -0.05) is 35.2 Å². The minimum atomic E-state index is -0.424. The van der Waals surface area contributed by atoms with Crippen LogP contribution in [0.1, 0.15) is 5.56 Å². The predicted octanol–water partition coefficient (Wildman–Crippen LogP) is 5.00. The molecule has 0 unspecified atom stereocenters. The quantitative estimate of drug-likeness (QED) is 0.270. The molecule has 122 valence electrons. The summed E-state index contributed by atoms with van der Waals surface area (Å²) in [6.45, 7) is 0. The predicted molar refractivity (Wildman–Crippen MR) is 94.9 cm³/mol. The number of hydrogen-bond acceptors (Lipinski definition) is 6. The van der Waals surface area contributed by atoms with E-state index >= 15 is 0 Å². The molecule has 1 heterocycles. The zero-order chi connectivity index (χ0) is 17.1. The van der Waals surface area contributed by atoms with Crippen molar-refractivity contribution in [2.45, 2.75) is 10.1 Å². The summed E-state index contributed by atoms with van der Waals surface area (Å²) in [6.07, 6.45) is 0. The highest BCUT2D eigenvalue weighted by molar-refractivity contribution is 8.00. The molecule has 9 heteroatoms. The minimum Gasteiger partial charge on any atom is -0.258 e. The van der Waals surface area contributed by atoms with E-state index in [0.29, 0.717) is 15.4 Å². The molecule has 0 spiro atoms. The Labute approximate surface area is 149 Å². The van der Waals surface area contributed by atoms with E-state index in [9.17, 15) is 14.5 Å². The van der Waals surface area contributed by atoms with Crippen molar-refractivity contribution < 1.29 is 9.31 Å². The smallest absolute Gasteiger partial charge is 0.258 e. The molecular formula is C15H10FN3O2S3. The number of nitro groups is 1. The number of nitrogens with zero attached hydrogens (tertiary/aromatic N) is 3. The number of rotatable bonds is 5. The van der Waals surface area contributed by atoms with Crippen LogP contribution in [0.25, 0.3) is 5.69 Å². The van der Waals surface area contributed by atoms with Crippen LogP contribution in [0.4, 0.5) is 10.1 Å². The molecule has 0 amide bonds. The van der Waals surface area contributed by atoms with Gasteiger partial charge < -0.3 is 0 Å². The molecule has 0 bridgehead atoms. The molecule has 0 aliphatic carbocycles. The van der Waals surface area contributed by atoms with Gasteiger partial charge in [0.1, 0.15) is 5.82 Å². The Kier molecular flexibility index (Phi) is 5.03. The highest BCUT2D eigenvalue weighted by Crippen LogP contribution is 2.27. The Morgan fingerprint density at radius 3 is 2.50 bits per heavy atom. The first-order valence-corrected chi connectivity index (χ1v) is 8.96.